The fraction of sp³-hybridized carbons (Fsp3) is 0.818. The third-order valence-electron chi connectivity index (χ3n) is 3.26. The fourth-order valence-electron chi connectivity index (χ4n) is 2.10. The molecule has 0 unspecified atom stereocenters. The maximum Gasteiger partial charge on any atom is 0.0997 e. The Morgan fingerprint density at radius 3 is 2.80 bits per heavy atom. The van der Waals surface area contributed by atoms with Crippen LogP contribution in [-0.4, -0.2) is 15.0 Å². The Balaban J connectivity index is 2.16. The highest BCUT2D eigenvalue weighted by Crippen LogP contribution is 2.37. The van der Waals surface area contributed by atoms with E-state index in [1.54, 1.807) is 0 Å². The monoisotopic (exact) mass is 208 g/mol. The van der Waals surface area contributed by atoms with Crippen LogP contribution in [0.2, 0.25) is 0 Å². The standard InChI is InChI=1S/C11H20N4/c1-2-3-7-15-11(9-5-4-6-9)10(8-12)13-14-15/h9H,2-8,12H2,1H3. The molecular formula is C11H20N4. The largest absolute Gasteiger partial charge is 0.325 e. The molecule has 2 rings (SSSR count). The van der Waals surface area contributed by atoms with Crippen LogP contribution in [0.15, 0.2) is 0 Å². The molecule has 4 heteroatoms. The summed E-state index contributed by atoms with van der Waals surface area (Å²) in [4.78, 5) is 0. The first-order valence-electron chi connectivity index (χ1n) is 5.99. The molecule has 0 bridgehead atoms. The molecule has 1 aromatic heterocycles. The number of nitrogens with two attached hydrogens (primary N) is 1. The van der Waals surface area contributed by atoms with Crippen LogP contribution in [0.1, 0.15) is 56.3 Å². The lowest BCUT2D eigenvalue weighted by Crippen LogP contribution is -2.17. The Morgan fingerprint density at radius 2 is 2.27 bits per heavy atom. The molecule has 4 nitrogen and oxygen atoms in total. The minimum Gasteiger partial charge on any atom is -0.325 e. The quantitative estimate of drug-likeness (QED) is 0.802. The van der Waals surface area contributed by atoms with E-state index in [2.05, 4.69) is 21.9 Å². The van der Waals surface area contributed by atoms with Gasteiger partial charge in [-0.1, -0.05) is 25.0 Å². The smallest absolute Gasteiger partial charge is 0.0997 e. The first-order valence-corrected chi connectivity index (χ1v) is 5.99. The number of nitrogens with zero attached hydrogens (tertiary/aromatic N) is 3. The van der Waals surface area contributed by atoms with E-state index >= 15 is 0 Å². The van der Waals surface area contributed by atoms with E-state index in [-0.39, 0.29) is 0 Å². The van der Waals surface area contributed by atoms with Crippen LogP contribution in [0.25, 0.3) is 0 Å². The lowest BCUT2D eigenvalue weighted by Gasteiger charge is -2.26. The number of aromatic nitrogens is 3. The first kappa shape index (κ1) is 10.6. The molecule has 0 aromatic carbocycles. The molecule has 2 N–H and O–H groups in total. The van der Waals surface area contributed by atoms with Gasteiger partial charge in [-0.25, -0.2) is 4.68 Å². The minimum absolute atomic E-state index is 0.526. The molecule has 84 valence electrons. The lowest BCUT2D eigenvalue weighted by molar-refractivity contribution is 0.382. The predicted molar refractivity (Wildman–Crippen MR) is 59.4 cm³/mol. The normalized spacial score (nSPS) is 16.7. The molecular weight excluding hydrogens is 188 g/mol. The average Bonchev–Trinajstić information content (AvgIpc) is 2.56. The summed E-state index contributed by atoms with van der Waals surface area (Å²) in [5, 5.41) is 8.39. The van der Waals surface area contributed by atoms with Gasteiger partial charge in [0.15, 0.2) is 0 Å². The van der Waals surface area contributed by atoms with Crippen molar-refractivity contribution in [3.05, 3.63) is 11.4 Å². The molecule has 0 aliphatic heterocycles. The molecule has 0 amide bonds. The van der Waals surface area contributed by atoms with E-state index in [0.29, 0.717) is 12.5 Å². The Morgan fingerprint density at radius 1 is 1.47 bits per heavy atom. The van der Waals surface area contributed by atoms with E-state index in [9.17, 15) is 0 Å². The van der Waals surface area contributed by atoms with Crippen molar-refractivity contribution >= 4 is 0 Å². The molecule has 1 aromatic rings. The summed E-state index contributed by atoms with van der Waals surface area (Å²) in [5.74, 6) is 0.676. The number of rotatable bonds is 5. The van der Waals surface area contributed by atoms with Crippen molar-refractivity contribution in [1.29, 1.82) is 0 Å². The van der Waals surface area contributed by atoms with Crippen LogP contribution in [0.3, 0.4) is 0 Å². The van der Waals surface area contributed by atoms with Gasteiger partial charge in [0, 0.05) is 19.0 Å². The zero-order valence-electron chi connectivity index (χ0n) is 9.45. The molecule has 0 atom stereocenters. The lowest BCUT2D eigenvalue weighted by atomic mass is 9.82. The maximum absolute atomic E-state index is 5.69. The van der Waals surface area contributed by atoms with Crippen molar-refractivity contribution in [2.75, 3.05) is 0 Å². The highest BCUT2D eigenvalue weighted by molar-refractivity contribution is 5.17. The molecule has 0 saturated heterocycles. The van der Waals surface area contributed by atoms with Gasteiger partial charge in [-0.05, 0) is 19.3 Å². The van der Waals surface area contributed by atoms with Gasteiger partial charge in [-0.15, -0.1) is 5.10 Å². The van der Waals surface area contributed by atoms with Crippen molar-refractivity contribution in [2.24, 2.45) is 5.73 Å². The summed E-state index contributed by atoms with van der Waals surface area (Å²) < 4.78 is 2.08. The molecule has 1 aliphatic carbocycles. The van der Waals surface area contributed by atoms with Crippen molar-refractivity contribution in [1.82, 2.24) is 15.0 Å². The first-order chi connectivity index (χ1) is 7.36. The zero-order chi connectivity index (χ0) is 10.7. The summed E-state index contributed by atoms with van der Waals surface area (Å²) in [5.41, 5.74) is 8.02. The van der Waals surface area contributed by atoms with E-state index in [1.807, 2.05) is 0 Å². The Kier molecular flexibility index (Phi) is 3.36. The fourth-order valence-corrected chi connectivity index (χ4v) is 2.10. The number of aryl methyl sites for hydroxylation is 1. The molecule has 15 heavy (non-hydrogen) atoms. The maximum atomic E-state index is 5.69. The average molecular weight is 208 g/mol. The molecule has 0 spiro atoms. The zero-order valence-corrected chi connectivity index (χ0v) is 9.45. The second-order valence-electron chi connectivity index (χ2n) is 4.33. The van der Waals surface area contributed by atoms with Gasteiger partial charge in [0.25, 0.3) is 0 Å². The summed E-state index contributed by atoms with van der Waals surface area (Å²) >= 11 is 0. The number of hydrogen-bond acceptors (Lipinski definition) is 3. The molecule has 1 fully saturated rings. The van der Waals surface area contributed by atoms with Gasteiger partial charge in [0.1, 0.15) is 0 Å². The molecule has 1 heterocycles. The third kappa shape index (κ3) is 2.04. The van der Waals surface area contributed by atoms with E-state index in [1.165, 1.54) is 37.8 Å². The summed E-state index contributed by atoms with van der Waals surface area (Å²) in [6, 6.07) is 0. The van der Waals surface area contributed by atoms with Crippen LogP contribution in [0, 0.1) is 0 Å². The van der Waals surface area contributed by atoms with Gasteiger partial charge >= 0.3 is 0 Å². The summed E-state index contributed by atoms with van der Waals surface area (Å²) in [6.45, 7) is 3.72. The summed E-state index contributed by atoms with van der Waals surface area (Å²) in [6.07, 6.45) is 6.28. The van der Waals surface area contributed by atoms with Crippen molar-refractivity contribution in [2.45, 2.75) is 58.0 Å². The van der Waals surface area contributed by atoms with Gasteiger partial charge in [-0.2, -0.15) is 0 Å². The third-order valence-corrected chi connectivity index (χ3v) is 3.26. The van der Waals surface area contributed by atoms with Crippen LogP contribution < -0.4 is 5.73 Å². The van der Waals surface area contributed by atoms with Gasteiger partial charge in [0.05, 0.1) is 11.4 Å². The molecule has 0 radical (unpaired) electrons. The Labute approximate surface area is 90.8 Å². The van der Waals surface area contributed by atoms with Crippen LogP contribution in [0.4, 0.5) is 0 Å². The van der Waals surface area contributed by atoms with Crippen molar-refractivity contribution < 1.29 is 0 Å². The van der Waals surface area contributed by atoms with Crippen LogP contribution in [-0.2, 0) is 13.1 Å². The van der Waals surface area contributed by atoms with Crippen molar-refractivity contribution in [3.63, 3.8) is 0 Å². The minimum atomic E-state index is 0.526. The van der Waals surface area contributed by atoms with Crippen molar-refractivity contribution in [3.8, 4) is 0 Å². The number of hydrogen-bond donors (Lipinski definition) is 1. The van der Waals surface area contributed by atoms with Gasteiger partial charge in [-0.3, -0.25) is 0 Å². The summed E-state index contributed by atoms with van der Waals surface area (Å²) in [7, 11) is 0. The number of unbranched alkanes of at least 4 members (excludes halogenated alkanes) is 1. The second kappa shape index (κ2) is 4.75. The SMILES string of the molecule is CCCCn1nnc(CN)c1C1CCC1. The highest BCUT2D eigenvalue weighted by atomic mass is 15.4. The Hall–Kier alpha value is -0.900. The van der Waals surface area contributed by atoms with Gasteiger partial charge in [0.2, 0.25) is 0 Å². The van der Waals surface area contributed by atoms with Crippen LogP contribution >= 0.6 is 0 Å². The predicted octanol–water partition coefficient (Wildman–Crippen LogP) is 1.80. The van der Waals surface area contributed by atoms with Crippen LogP contribution in [0.5, 0.6) is 0 Å². The van der Waals surface area contributed by atoms with E-state index in [0.717, 1.165) is 12.2 Å². The highest BCUT2D eigenvalue weighted by Gasteiger charge is 2.26. The Bertz CT molecular complexity index is 314. The van der Waals surface area contributed by atoms with E-state index < -0.39 is 0 Å². The van der Waals surface area contributed by atoms with Gasteiger partial charge < -0.3 is 5.73 Å². The second-order valence-corrected chi connectivity index (χ2v) is 4.33. The van der Waals surface area contributed by atoms with E-state index in [4.69, 9.17) is 5.73 Å². The molecule has 1 saturated carbocycles. The molecule has 1 aliphatic rings. The topological polar surface area (TPSA) is 56.7 Å².